The molecule has 0 aliphatic rings. The fourth-order valence-electron chi connectivity index (χ4n) is 1.34. The lowest BCUT2D eigenvalue weighted by Gasteiger charge is -2.18. The van der Waals surface area contributed by atoms with Crippen molar-refractivity contribution in [2.45, 2.75) is 39.0 Å². The van der Waals surface area contributed by atoms with E-state index in [1.807, 2.05) is 32.2 Å². The molecule has 3 atom stereocenters. The number of hydrogen-bond acceptors (Lipinski definition) is 3. The van der Waals surface area contributed by atoms with Gasteiger partial charge in [0, 0.05) is 6.04 Å². The predicted octanol–water partition coefficient (Wildman–Crippen LogP) is 2.12. The molecule has 0 aromatic heterocycles. The summed E-state index contributed by atoms with van der Waals surface area (Å²) >= 11 is 0. The number of aliphatic hydroxyl groups is 1. The summed E-state index contributed by atoms with van der Waals surface area (Å²) in [7, 11) is 1.93. The van der Waals surface area contributed by atoms with Crippen molar-refractivity contribution in [1.82, 2.24) is 5.32 Å². The summed E-state index contributed by atoms with van der Waals surface area (Å²) < 4.78 is 5.63. The average Bonchev–Trinajstić information content (AvgIpc) is 2.28. The lowest BCUT2D eigenvalue weighted by atomic mass is 10.1. The Kier molecular flexibility index (Phi) is 4.77. The van der Waals surface area contributed by atoms with Crippen molar-refractivity contribution in [1.29, 1.82) is 0 Å². The number of rotatable bonds is 5. The fourth-order valence-corrected chi connectivity index (χ4v) is 1.34. The zero-order valence-corrected chi connectivity index (χ0v) is 10.4. The van der Waals surface area contributed by atoms with Crippen molar-refractivity contribution >= 4 is 0 Å². The second-order valence-corrected chi connectivity index (χ2v) is 4.15. The van der Waals surface area contributed by atoms with Crippen LogP contribution in [0.25, 0.3) is 0 Å². The molecule has 0 saturated heterocycles. The van der Waals surface area contributed by atoms with Crippen molar-refractivity contribution in [2.75, 3.05) is 7.05 Å². The molecule has 0 bridgehead atoms. The quantitative estimate of drug-likeness (QED) is 0.803. The van der Waals surface area contributed by atoms with Gasteiger partial charge in [-0.15, -0.1) is 0 Å². The highest BCUT2D eigenvalue weighted by atomic mass is 16.5. The van der Waals surface area contributed by atoms with Crippen LogP contribution in [-0.2, 0) is 0 Å². The number of hydrogen-bond donors (Lipinski definition) is 2. The molecule has 0 saturated carbocycles. The first-order chi connectivity index (χ1) is 7.54. The number of ether oxygens (including phenoxy) is 1. The number of benzene rings is 1. The van der Waals surface area contributed by atoms with E-state index in [1.54, 1.807) is 6.92 Å². The Balaban J connectivity index is 2.74. The smallest absolute Gasteiger partial charge is 0.121 e. The van der Waals surface area contributed by atoms with E-state index in [2.05, 4.69) is 18.3 Å². The van der Waals surface area contributed by atoms with Gasteiger partial charge < -0.3 is 15.2 Å². The van der Waals surface area contributed by atoms with Gasteiger partial charge in [0.2, 0.25) is 0 Å². The first-order valence-corrected chi connectivity index (χ1v) is 5.66. The summed E-state index contributed by atoms with van der Waals surface area (Å²) in [6.45, 7) is 5.68. The average molecular weight is 223 g/mol. The number of nitrogens with one attached hydrogen (secondary N) is 1. The largest absolute Gasteiger partial charge is 0.488 e. The van der Waals surface area contributed by atoms with E-state index in [4.69, 9.17) is 4.74 Å². The first-order valence-electron chi connectivity index (χ1n) is 5.66. The highest BCUT2D eigenvalue weighted by Crippen LogP contribution is 2.20. The lowest BCUT2D eigenvalue weighted by Crippen LogP contribution is -2.25. The van der Waals surface area contributed by atoms with E-state index in [9.17, 15) is 5.11 Å². The van der Waals surface area contributed by atoms with Gasteiger partial charge in [0.15, 0.2) is 0 Å². The van der Waals surface area contributed by atoms with Crippen molar-refractivity contribution in [2.24, 2.45) is 0 Å². The van der Waals surface area contributed by atoms with Gasteiger partial charge in [-0.3, -0.25) is 0 Å². The second kappa shape index (κ2) is 5.87. The summed E-state index contributed by atoms with van der Waals surface area (Å²) in [5, 5.41) is 12.5. The van der Waals surface area contributed by atoms with E-state index in [0.29, 0.717) is 6.04 Å². The molecule has 0 aliphatic heterocycles. The van der Waals surface area contributed by atoms with Crippen LogP contribution in [-0.4, -0.2) is 24.4 Å². The van der Waals surface area contributed by atoms with Crippen LogP contribution in [0.2, 0.25) is 0 Å². The molecular formula is C13H21NO2. The molecule has 3 nitrogen and oxygen atoms in total. The summed E-state index contributed by atoms with van der Waals surface area (Å²) in [5.41, 5.74) is 1.18. The first kappa shape index (κ1) is 13.0. The Bertz CT molecular complexity index is 325. The van der Waals surface area contributed by atoms with Gasteiger partial charge in [-0.1, -0.05) is 12.1 Å². The Morgan fingerprint density at radius 2 is 1.94 bits per heavy atom. The van der Waals surface area contributed by atoms with Crippen molar-refractivity contribution in [3.8, 4) is 5.75 Å². The molecule has 0 radical (unpaired) electrons. The van der Waals surface area contributed by atoms with E-state index in [0.717, 1.165) is 5.75 Å². The van der Waals surface area contributed by atoms with Crippen molar-refractivity contribution < 1.29 is 9.84 Å². The van der Waals surface area contributed by atoms with Gasteiger partial charge in [0.05, 0.1) is 6.10 Å². The Hall–Kier alpha value is -1.06. The molecule has 3 unspecified atom stereocenters. The molecule has 0 spiro atoms. The molecule has 0 heterocycles. The molecule has 0 fully saturated rings. The maximum absolute atomic E-state index is 9.37. The zero-order valence-electron chi connectivity index (χ0n) is 10.4. The van der Waals surface area contributed by atoms with Crippen LogP contribution < -0.4 is 10.1 Å². The Morgan fingerprint density at radius 3 is 2.50 bits per heavy atom. The molecule has 1 aromatic carbocycles. The van der Waals surface area contributed by atoms with Gasteiger partial charge in [0.25, 0.3) is 0 Å². The van der Waals surface area contributed by atoms with Crippen LogP contribution in [0.4, 0.5) is 0 Å². The van der Waals surface area contributed by atoms with Crippen LogP contribution in [0.5, 0.6) is 5.75 Å². The maximum atomic E-state index is 9.37. The molecule has 3 heteroatoms. The van der Waals surface area contributed by atoms with Crippen LogP contribution in [0.1, 0.15) is 32.4 Å². The fraction of sp³-hybridized carbons (Fsp3) is 0.538. The molecule has 1 rings (SSSR count). The van der Waals surface area contributed by atoms with Gasteiger partial charge in [-0.25, -0.2) is 0 Å². The van der Waals surface area contributed by atoms with Crippen molar-refractivity contribution in [3.63, 3.8) is 0 Å². The third kappa shape index (κ3) is 3.51. The zero-order chi connectivity index (χ0) is 12.1. The summed E-state index contributed by atoms with van der Waals surface area (Å²) in [4.78, 5) is 0. The molecule has 2 N–H and O–H groups in total. The van der Waals surface area contributed by atoms with Gasteiger partial charge in [0.1, 0.15) is 11.9 Å². The number of aliphatic hydroxyl groups excluding tert-OH is 1. The van der Waals surface area contributed by atoms with Gasteiger partial charge in [-0.2, -0.15) is 0 Å². The molecule has 0 aliphatic carbocycles. The Morgan fingerprint density at radius 1 is 1.25 bits per heavy atom. The van der Waals surface area contributed by atoms with Crippen LogP contribution in [0.15, 0.2) is 24.3 Å². The van der Waals surface area contributed by atoms with Crippen LogP contribution >= 0.6 is 0 Å². The van der Waals surface area contributed by atoms with Crippen molar-refractivity contribution in [3.05, 3.63) is 29.8 Å². The van der Waals surface area contributed by atoms with Crippen LogP contribution in [0.3, 0.4) is 0 Å². The molecule has 0 amide bonds. The van der Waals surface area contributed by atoms with Gasteiger partial charge >= 0.3 is 0 Å². The molecular weight excluding hydrogens is 202 g/mol. The summed E-state index contributed by atoms with van der Waals surface area (Å²) in [6, 6.07) is 8.23. The topological polar surface area (TPSA) is 41.5 Å². The molecule has 90 valence electrons. The SMILES string of the molecule is CNC(C)c1cccc(OC(C)C(C)O)c1. The monoisotopic (exact) mass is 223 g/mol. The highest BCUT2D eigenvalue weighted by molar-refractivity contribution is 5.30. The minimum absolute atomic E-state index is 0.194. The van der Waals surface area contributed by atoms with E-state index < -0.39 is 6.10 Å². The summed E-state index contributed by atoms with van der Waals surface area (Å²) in [6.07, 6.45) is -0.662. The molecule has 1 aromatic rings. The van der Waals surface area contributed by atoms with Gasteiger partial charge in [-0.05, 0) is 45.5 Å². The van der Waals surface area contributed by atoms with E-state index >= 15 is 0 Å². The predicted molar refractivity (Wildman–Crippen MR) is 65.7 cm³/mol. The minimum atomic E-state index is -0.467. The van der Waals surface area contributed by atoms with E-state index in [-0.39, 0.29) is 6.10 Å². The van der Waals surface area contributed by atoms with E-state index in [1.165, 1.54) is 5.56 Å². The minimum Gasteiger partial charge on any atom is -0.488 e. The Labute approximate surface area is 97.4 Å². The highest BCUT2D eigenvalue weighted by Gasteiger charge is 2.11. The standard InChI is InChI=1S/C13H21NO2/c1-9(14-4)12-6-5-7-13(8-12)16-11(3)10(2)15/h5-11,14-15H,1-4H3. The van der Waals surface area contributed by atoms with Crippen LogP contribution in [0, 0.1) is 0 Å². The normalized spacial score (nSPS) is 16.6. The summed E-state index contributed by atoms with van der Waals surface area (Å²) in [5.74, 6) is 0.799. The maximum Gasteiger partial charge on any atom is 0.121 e. The molecule has 16 heavy (non-hydrogen) atoms. The lowest BCUT2D eigenvalue weighted by molar-refractivity contribution is 0.0604. The third-order valence-electron chi connectivity index (χ3n) is 2.79. The second-order valence-electron chi connectivity index (χ2n) is 4.15. The third-order valence-corrected chi connectivity index (χ3v) is 2.79.